The first kappa shape index (κ1) is 18.1. The number of imidazole rings is 1. The van der Waals surface area contributed by atoms with Crippen molar-refractivity contribution in [3.63, 3.8) is 0 Å². The maximum atomic E-state index is 13.3. The number of hydrogen-bond donors (Lipinski definition) is 1. The van der Waals surface area contributed by atoms with Crippen LogP contribution in [0.4, 0.5) is 0 Å². The molecule has 2 saturated heterocycles. The number of aliphatic hydroxyl groups excluding tert-OH is 1. The average molecular weight is 383 g/mol. The second-order valence-electron chi connectivity index (χ2n) is 9.03. The Morgan fingerprint density at radius 2 is 2.07 bits per heavy atom. The van der Waals surface area contributed by atoms with Gasteiger partial charge >= 0.3 is 0 Å². The minimum atomic E-state index is -0.0370. The number of aliphatic hydroxyl groups is 1. The molecule has 1 aliphatic carbocycles. The topological polar surface area (TPSA) is 61.6 Å². The van der Waals surface area contributed by atoms with Crippen LogP contribution in [0.25, 0.3) is 11.0 Å². The number of carbonyl (C=O) groups is 1. The number of rotatable bonds is 4. The van der Waals surface area contributed by atoms with Gasteiger partial charge in [-0.3, -0.25) is 4.79 Å². The van der Waals surface area contributed by atoms with Crippen molar-refractivity contribution < 1.29 is 9.90 Å². The number of piperidine rings is 2. The molecule has 2 aromatic rings. The summed E-state index contributed by atoms with van der Waals surface area (Å²) in [6.07, 6.45) is 5.44. The molecule has 3 heterocycles. The van der Waals surface area contributed by atoms with E-state index in [-0.39, 0.29) is 24.0 Å². The minimum absolute atomic E-state index is 0.0370. The number of nitrogens with zero attached hydrogens (tertiary/aromatic N) is 4. The van der Waals surface area contributed by atoms with Crippen LogP contribution in [0.15, 0.2) is 24.3 Å². The zero-order chi connectivity index (χ0) is 19.3. The quantitative estimate of drug-likeness (QED) is 0.881. The van der Waals surface area contributed by atoms with Crippen molar-refractivity contribution in [1.29, 1.82) is 0 Å². The van der Waals surface area contributed by atoms with Crippen LogP contribution < -0.4 is 0 Å². The Kier molecular flexibility index (Phi) is 4.43. The molecule has 2 aliphatic heterocycles. The molecule has 3 fully saturated rings. The van der Waals surface area contributed by atoms with Crippen LogP contribution in [-0.2, 0) is 11.3 Å². The summed E-state index contributed by atoms with van der Waals surface area (Å²) in [6.45, 7) is 3.11. The molecule has 6 heteroatoms. The van der Waals surface area contributed by atoms with Crippen molar-refractivity contribution in [2.45, 2.75) is 50.6 Å². The standard InChI is InChI=1S/C22H30N4O2/c1-24-11-4-9-22(15-27)10-12-25(13-19(22)24)20(28)14-26-18-6-3-2-5-17(18)23-21(26)16-7-8-16/h2-3,5-6,16,19,27H,4,7-15H2,1H3/t19-,22-/m1/s1. The summed E-state index contributed by atoms with van der Waals surface area (Å²) in [5, 5.41) is 10.1. The minimum Gasteiger partial charge on any atom is -0.396 e. The number of amides is 1. The summed E-state index contributed by atoms with van der Waals surface area (Å²) < 4.78 is 2.15. The number of para-hydroxylation sites is 2. The first-order valence-electron chi connectivity index (χ1n) is 10.7. The third-order valence-electron chi connectivity index (χ3n) is 7.28. The lowest BCUT2D eigenvalue weighted by molar-refractivity contribution is -0.140. The predicted molar refractivity (Wildman–Crippen MR) is 108 cm³/mol. The number of likely N-dealkylation sites (tertiary alicyclic amines) is 2. The summed E-state index contributed by atoms with van der Waals surface area (Å²) in [7, 11) is 2.14. The normalized spacial score (nSPS) is 28.5. The van der Waals surface area contributed by atoms with E-state index in [1.807, 2.05) is 23.1 Å². The van der Waals surface area contributed by atoms with E-state index in [0.29, 0.717) is 12.5 Å². The van der Waals surface area contributed by atoms with Gasteiger partial charge in [0.1, 0.15) is 12.4 Å². The van der Waals surface area contributed by atoms with Crippen molar-refractivity contribution in [3.8, 4) is 0 Å². The maximum Gasteiger partial charge on any atom is 0.242 e. The van der Waals surface area contributed by atoms with Crippen LogP contribution >= 0.6 is 0 Å². The second-order valence-corrected chi connectivity index (χ2v) is 9.03. The van der Waals surface area contributed by atoms with Crippen molar-refractivity contribution in [1.82, 2.24) is 19.4 Å². The SMILES string of the molecule is CN1CCC[C@]2(CO)CCN(C(=O)Cn3c(C4CC4)nc4ccccc43)C[C@@H]12. The molecule has 150 valence electrons. The monoisotopic (exact) mass is 382 g/mol. The van der Waals surface area contributed by atoms with E-state index < -0.39 is 0 Å². The van der Waals surface area contributed by atoms with Gasteiger partial charge < -0.3 is 19.5 Å². The fourth-order valence-corrected chi connectivity index (χ4v) is 5.39. The number of aromatic nitrogens is 2. The molecule has 1 saturated carbocycles. The molecule has 1 amide bonds. The van der Waals surface area contributed by atoms with Gasteiger partial charge in [0.05, 0.1) is 17.6 Å². The van der Waals surface area contributed by atoms with Crippen LogP contribution in [-0.4, -0.2) is 69.7 Å². The Balaban J connectivity index is 1.38. The Labute approximate surface area is 166 Å². The van der Waals surface area contributed by atoms with E-state index >= 15 is 0 Å². The predicted octanol–water partition coefficient (Wildman–Crippen LogP) is 2.22. The Hall–Kier alpha value is -1.92. The Bertz CT molecular complexity index is 890. The van der Waals surface area contributed by atoms with Crippen molar-refractivity contribution in [3.05, 3.63) is 30.1 Å². The van der Waals surface area contributed by atoms with Crippen LogP contribution in [0.5, 0.6) is 0 Å². The van der Waals surface area contributed by atoms with E-state index in [1.54, 1.807) is 0 Å². The number of likely N-dealkylation sites (N-methyl/N-ethyl adjacent to an activating group) is 1. The van der Waals surface area contributed by atoms with Gasteiger partial charge in [0.25, 0.3) is 0 Å². The van der Waals surface area contributed by atoms with Crippen LogP contribution in [0, 0.1) is 5.41 Å². The zero-order valence-corrected chi connectivity index (χ0v) is 16.7. The lowest BCUT2D eigenvalue weighted by Gasteiger charge is -2.53. The molecule has 2 atom stereocenters. The van der Waals surface area contributed by atoms with Gasteiger partial charge in [-0.15, -0.1) is 0 Å². The summed E-state index contributed by atoms with van der Waals surface area (Å²) in [5.41, 5.74) is 2.02. The van der Waals surface area contributed by atoms with Crippen molar-refractivity contribution in [2.24, 2.45) is 5.41 Å². The highest BCUT2D eigenvalue weighted by Gasteiger charge is 2.47. The van der Waals surface area contributed by atoms with Gasteiger partial charge in [-0.1, -0.05) is 12.1 Å². The molecule has 5 rings (SSSR count). The molecule has 1 aromatic heterocycles. The third-order valence-corrected chi connectivity index (χ3v) is 7.28. The zero-order valence-electron chi connectivity index (χ0n) is 16.7. The third kappa shape index (κ3) is 2.94. The van der Waals surface area contributed by atoms with Gasteiger partial charge in [-0.2, -0.15) is 0 Å². The molecule has 0 spiro atoms. The largest absolute Gasteiger partial charge is 0.396 e. The van der Waals surface area contributed by atoms with Gasteiger partial charge in [0, 0.05) is 30.5 Å². The fraction of sp³-hybridized carbons (Fsp3) is 0.636. The first-order chi connectivity index (χ1) is 13.6. The molecule has 0 radical (unpaired) electrons. The summed E-state index contributed by atoms with van der Waals surface area (Å²) in [6, 6.07) is 8.40. The lowest BCUT2D eigenvalue weighted by atomic mass is 9.69. The van der Waals surface area contributed by atoms with Crippen molar-refractivity contribution >= 4 is 16.9 Å². The molecule has 28 heavy (non-hydrogen) atoms. The fourth-order valence-electron chi connectivity index (χ4n) is 5.39. The number of fused-ring (bicyclic) bond motifs is 2. The molecule has 0 unspecified atom stereocenters. The van der Waals surface area contributed by atoms with Gasteiger partial charge in [0.2, 0.25) is 5.91 Å². The Morgan fingerprint density at radius 3 is 2.86 bits per heavy atom. The summed E-state index contributed by atoms with van der Waals surface area (Å²) in [5.74, 6) is 1.76. The van der Waals surface area contributed by atoms with Crippen LogP contribution in [0.3, 0.4) is 0 Å². The van der Waals surface area contributed by atoms with Gasteiger partial charge in [0.15, 0.2) is 0 Å². The van der Waals surface area contributed by atoms with Gasteiger partial charge in [-0.25, -0.2) is 4.98 Å². The molecular weight excluding hydrogens is 352 g/mol. The van der Waals surface area contributed by atoms with Gasteiger partial charge in [-0.05, 0) is 57.8 Å². The smallest absolute Gasteiger partial charge is 0.242 e. The second kappa shape index (κ2) is 6.85. The molecule has 3 aliphatic rings. The highest BCUT2D eigenvalue weighted by atomic mass is 16.3. The highest BCUT2D eigenvalue weighted by Crippen LogP contribution is 2.42. The van der Waals surface area contributed by atoms with E-state index in [0.717, 1.165) is 55.8 Å². The van der Waals surface area contributed by atoms with E-state index in [1.165, 1.54) is 12.8 Å². The molecule has 6 nitrogen and oxygen atoms in total. The summed E-state index contributed by atoms with van der Waals surface area (Å²) >= 11 is 0. The molecular formula is C22H30N4O2. The number of carbonyl (C=O) groups excluding carboxylic acids is 1. The van der Waals surface area contributed by atoms with E-state index in [9.17, 15) is 9.90 Å². The average Bonchev–Trinajstić information content (AvgIpc) is 3.50. The molecule has 1 aromatic carbocycles. The van der Waals surface area contributed by atoms with Crippen molar-refractivity contribution in [2.75, 3.05) is 33.3 Å². The maximum absolute atomic E-state index is 13.3. The Morgan fingerprint density at radius 1 is 1.25 bits per heavy atom. The van der Waals surface area contributed by atoms with Crippen LogP contribution in [0.2, 0.25) is 0 Å². The van der Waals surface area contributed by atoms with Crippen LogP contribution in [0.1, 0.15) is 43.8 Å². The highest BCUT2D eigenvalue weighted by molar-refractivity contribution is 5.81. The van der Waals surface area contributed by atoms with E-state index in [4.69, 9.17) is 4.98 Å². The molecule has 0 bridgehead atoms. The first-order valence-corrected chi connectivity index (χ1v) is 10.7. The molecule has 1 N–H and O–H groups in total. The number of hydrogen-bond acceptors (Lipinski definition) is 4. The number of benzene rings is 1. The lowest BCUT2D eigenvalue weighted by Crippen LogP contribution is -2.62. The summed E-state index contributed by atoms with van der Waals surface area (Å²) in [4.78, 5) is 22.5. The van der Waals surface area contributed by atoms with E-state index in [2.05, 4.69) is 22.6 Å².